The van der Waals surface area contributed by atoms with E-state index in [-0.39, 0.29) is 37.4 Å². The Bertz CT molecular complexity index is 610. The highest BCUT2D eigenvalue weighted by molar-refractivity contribution is 5.89. The van der Waals surface area contributed by atoms with Crippen LogP contribution in [-0.2, 0) is 14.2 Å². The van der Waals surface area contributed by atoms with Gasteiger partial charge < -0.3 is 14.2 Å². The summed E-state index contributed by atoms with van der Waals surface area (Å²) in [4.78, 5) is 23.7. The van der Waals surface area contributed by atoms with Gasteiger partial charge in [0.05, 0.1) is 23.3 Å². The van der Waals surface area contributed by atoms with Crippen LogP contribution in [0, 0.1) is 0 Å². The minimum Gasteiger partial charge on any atom is -0.459 e. The van der Waals surface area contributed by atoms with E-state index in [1.165, 1.54) is 0 Å². The van der Waals surface area contributed by atoms with Crippen molar-refractivity contribution in [3.8, 4) is 0 Å². The minimum atomic E-state index is -0.390. The molecule has 2 aromatic rings. The molecule has 2 aromatic carbocycles. The molecule has 0 radical (unpaired) electrons. The highest BCUT2D eigenvalue weighted by atomic mass is 16.6. The molecule has 25 heavy (non-hydrogen) atoms. The molecule has 0 N–H and O–H groups in total. The van der Waals surface area contributed by atoms with Crippen LogP contribution in [0.15, 0.2) is 60.7 Å². The van der Waals surface area contributed by atoms with Gasteiger partial charge in [-0.1, -0.05) is 36.4 Å². The molecule has 0 fully saturated rings. The van der Waals surface area contributed by atoms with Crippen molar-refractivity contribution in [3.63, 3.8) is 0 Å². The molecule has 0 heterocycles. The molecular weight excluding hydrogens is 320 g/mol. The smallest absolute Gasteiger partial charge is 0.338 e. The first-order chi connectivity index (χ1) is 12.1. The molecule has 2 unspecified atom stereocenters. The van der Waals surface area contributed by atoms with Gasteiger partial charge in [0, 0.05) is 0 Å². The van der Waals surface area contributed by atoms with E-state index in [0.717, 1.165) is 0 Å². The van der Waals surface area contributed by atoms with Crippen molar-refractivity contribution in [3.05, 3.63) is 71.8 Å². The lowest BCUT2D eigenvalue weighted by molar-refractivity contribution is -0.0546. The van der Waals surface area contributed by atoms with Crippen molar-refractivity contribution in [2.75, 3.05) is 13.2 Å². The third-order valence-electron chi connectivity index (χ3n) is 3.38. The number of carbonyl (C=O) groups excluding carboxylic acids is 2. The molecule has 0 spiro atoms. The number of carbonyl (C=O) groups is 2. The molecule has 0 saturated carbocycles. The SMILES string of the molecule is CC(COC(=O)c1ccccc1)OC(C)COC(=O)c1ccccc1. The molecule has 132 valence electrons. The van der Waals surface area contributed by atoms with E-state index in [4.69, 9.17) is 14.2 Å². The third-order valence-corrected chi connectivity index (χ3v) is 3.38. The standard InChI is InChI=1S/C20H22O5/c1-15(13-23-19(21)17-9-5-3-6-10-17)25-16(2)14-24-20(22)18-11-7-4-8-12-18/h3-12,15-16H,13-14H2,1-2H3. The maximum absolute atomic E-state index is 11.9. The number of hydrogen-bond acceptors (Lipinski definition) is 5. The van der Waals surface area contributed by atoms with E-state index >= 15 is 0 Å². The highest BCUT2D eigenvalue weighted by Crippen LogP contribution is 2.06. The summed E-state index contributed by atoms with van der Waals surface area (Å²) in [7, 11) is 0. The van der Waals surface area contributed by atoms with E-state index in [0.29, 0.717) is 11.1 Å². The number of hydrogen-bond donors (Lipinski definition) is 0. The summed E-state index contributed by atoms with van der Waals surface area (Å²) in [6.07, 6.45) is -0.615. The maximum Gasteiger partial charge on any atom is 0.338 e. The van der Waals surface area contributed by atoms with Gasteiger partial charge in [-0.25, -0.2) is 9.59 Å². The first kappa shape index (κ1) is 18.7. The largest absolute Gasteiger partial charge is 0.459 e. The van der Waals surface area contributed by atoms with Crippen molar-refractivity contribution >= 4 is 11.9 Å². The fraction of sp³-hybridized carbons (Fsp3) is 0.300. The second-order valence-electron chi connectivity index (χ2n) is 5.69. The van der Waals surface area contributed by atoms with Gasteiger partial charge in [0.2, 0.25) is 0 Å². The molecule has 0 saturated heterocycles. The molecule has 0 bridgehead atoms. The zero-order valence-corrected chi connectivity index (χ0v) is 14.4. The summed E-state index contributed by atoms with van der Waals surface area (Å²) >= 11 is 0. The predicted octanol–water partition coefficient (Wildman–Crippen LogP) is 3.49. The Morgan fingerprint density at radius 2 is 1.08 bits per heavy atom. The zero-order chi connectivity index (χ0) is 18.1. The number of ether oxygens (including phenoxy) is 3. The van der Waals surface area contributed by atoms with Gasteiger partial charge in [-0.2, -0.15) is 0 Å². The quantitative estimate of drug-likeness (QED) is 0.687. The van der Waals surface area contributed by atoms with E-state index < -0.39 is 0 Å². The van der Waals surface area contributed by atoms with Crippen molar-refractivity contribution in [2.24, 2.45) is 0 Å². The normalized spacial score (nSPS) is 12.9. The van der Waals surface area contributed by atoms with Crippen molar-refractivity contribution in [1.29, 1.82) is 0 Å². The first-order valence-corrected chi connectivity index (χ1v) is 8.16. The third kappa shape index (κ3) is 6.39. The molecule has 0 aliphatic rings. The van der Waals surface area contributed by atoms with Gasteiger partial charge >= 0.3 is 11.9 Å². The fourth-order valence-electron chi connectivity index (χ4n) is 2.18. The average Bonchev–Trinajstić information content (AvgIpc) is 2.65. The summed E-state index contributed by atoms with van der Waals surface area (Å²) in [6.45, 7) is 3.86. The molecule has 2 rings (SSSR count). The Balaban J connectivity index is 1.68. The summed E-state index contributed by atoms with van der Waals surface area (Å²) < 4.78 is 16.1. The van der Waals surface area contributed by atoms with Crippen LogP contribution in [0.4, 0.5) is 0 Å². The van der Waals surface area contributed by atoms with Crippen molar-refractivity contribution < 1.29 is 23.8 Å². The Morgan fingerprint density at radius 3 is 1.44 bits per heavy atom. The Morgan fingerprint density at radius 1 is 0.720 bits per heavy atom. The van der Waals surface area contributed by atoms with E-state index in [1.54, 1.807) is 62.4 Å². The molecule has 5 nitrogen and oxygen atoms in total. The average molecular weight is 342 g/mol. The topological polar surface area (TPSA) is 61.8 Å². The lowest BCUT2D eigenvalue weighted by atomic mass is 10.2. The van der Waals surface area contributed by atoms with Gasteiger partial charge in [0.25, 0.3) is 0 Å². The molecule has 0 aliphatic heterocycles. The van der Waals surface area contributed by atoms with Crippen LogP contribution >= 0.6 is 0 Å². The molecular formula is C20H22O5. The van der Waals surface area contributed by atoms with Crippen LogP contribution in [-0.4, -0.2) is 37.4 Å². The van der Waals surface area contributed by atoms with Crippen LogP contribution in [0.25, 0.3) is 0 Å². The van der Waals surface area contributed by atoms with Crippen LogP contribution in [0.5, 0.6) is 0 Å². The van der Waals surface area contributed by atoms with Gasteiger partial charge in [-0.15, -0.1) is 0 Å². The van der Waals surface area contributed by atoms with E-state index in [9.17, 15) is 9.59 Å². The summed E-state index contributed by atoms with van der Waals surface area (Å²) in [5.41, 5.74) is 0.999. The second kappa shape index (κ2) is 9.59. The van der Waals surface area contributed by atoms with Gasteiger partial charge in [-0.05, 0) is 38.1 Å². The van der Waals surface area contributed by atoms with E-state index in [2.05, 4.69) is 0 Å². The fourth-order valence-corrected chi connectivity index (χ4v) is 2.18. The minimum absolute atomic E-state index is 0.130. The number of benzene rings is 2. The molecule has 0 aliphatic carbocycles. The Labute approximate surface area is 147 Å². The van der Waals surface area contributed by atoms with Gasteiger partial charge in [0.1, 0.15) is 13.2 Å². The summed E-state index contributed by atoms with van der Waals surface area (Å²) in [5.74, 6) is -0.779. The van der Waals surface area contributed by atoms with Crippen molar-refractivity contribution in [1.82, 2.24) is 0 Å². The Hall–Kier alpha value is -2.66. The second-order valence-corrected chi connectivity index (χ2v) is 5.69. The van der Waals surface area contributed by atoms with Crippen LogP contribution in [0.2, 0.25) is 0 Å². The molecule has 5 heteroatoms. The van der Waals surface area contributed by atoms with Gasteiger partial charge in [0.15, 0.2) is 0 Å². The maximum atomic E-state index is 11.9. The summed E-state index contributed by atoms with van der Waals surface area (Å²) in [6, 6.07) is 17.6. The molecule has 0 aromatic heterocycles. The molecule has 2 atom stereocenters. The number of rotatable bonds is 8. The number of esters is 2. The lowest BCUT2D eigenvalue weighted by Crippen LogP contribution is -2.27. The van der Waals surface area contributed by atoms with Crippen LogP contribution in [0.1, 0.15) is 34.6 Å². The lowest BCUT2D eigenvalue weighted by Gasteiger charge is -2.19. The highest BCUT2D eigenvalue weighted by Gasteiger charge is 2.15. The van der Waals surface area contributed by atoms with E-state index in [1.807, 2.05) is 12.1 Å². The predicted molar refractivity (Wildman–Crippen MR) is 93.5 cm³/mol. The first-order valence-electron chi connectivity index (χ1n) is 8.16. The van der Waals surface area contributed by atoms with Crippen LogP contribution in [0.3, 0.4) is 0 Å². The van der Waals surface area contributed by atoms with Gasteiger partial charge in [-0.3, -0.25) is 0 Å². The molecule has 0 amide bonds. The van der Waals surface area contributed by atoms with Crippen LogP contribution < -0.4 is 0 Å². The summed E-state index contributed by atoms with van der Waals surface area (Å²) in [5, 5.41) is 0. The monoisotopic (exact) mass is 342 g/mol. The zero-order valence-electron chi connectivity index (χ0n) is 14.4. The Kier molecular flexibility index (Phi) is 7.16. The van der Waals surface area contributed by atoms with Crippen molar-refractivity contribution in [2.45, 2.75) is 26.1 Å².